The lowest BCUT2D eigenvalue weighted by molar-refractivity contribution is -0.132. The van der Waals surface area contributed by atoms with Crippen molar-refractivity contribution in [2.45, 2.75) is 37.6 Å². The Morgan fingerprint density at radius 1 is 1.25 bits per heavy atom. The molecule has 0 spiro atoms. The number of hydrogen-bond donors (Lipinski definition) is 3. The number of aliphatic hydroxyl groups excluding tert-OH is 1. The zero-order valence-electron chi connectivity index (χ0n) is 22.9. The van der Waals surface area contributed by atoms with E-state index in [0.717, 1.165) is 5.56 Å². The maximum Gasteiger partial charge on any atom is 0.270 e. The predicted octanol–water partition coefficient (Wildman–Crippen LogP) is 1.65. The van der Waals surface area contributed by atoms with Crippen molar-refractivity contribution in [3.8, 4) is 0 Å². The summed E-state index contributed by atoms with van der Waals surface area (Å²) in [5, 5.41) is 17.5. The van der Waals surface area contributed by atoms with Crippen molar-refractivity contribution in [2.75, 3.05) is 39.8 Å². The molecule has 2 aliphatic rings. The topological polar surface area (TPSA) is 137 Å². The van der Waals surface area contributed by atoms with Crippen LogP contribution >= 0.6 is 0 Å². The first-order valence-corrected chi connectivity index (χ1v) is 14.6. The molecule has 1 fully saturated rings. The van der Waals surface area contributed by atoms with Gasteiger partial charge in [0.15, 0.2) is 6.39 Å². The van der Waals surface area contributed by atoms with Gasteiger partial charge in [-0.3, -0.25) is 9.69 Å². The monoisotopic (exact) mass is 571 g/mol. The number of methoxy groups -OCH3 is 1. The van der Waals surface area contributed by atoms with Crippen LogP contribution in [0.25, 0.3) is 6.08 Å². The van der Waals surface area contributed by atoms with E-state index in [1.807, 2.05) is 50.3 Å². The molecular weight excluding hydrogens is 534 g/mol. The fourth-order valence-corrected chi connectivity index (χ4v) is 5.97. The quantitative estimate of drug-likeness (QED) is 0.344. The Morgan fingerprint density at radius 2 is 1.98 bits per heavy atom. The van der Waals surface area contributed by atoms with E-state index in [1.165, 1.54) is 16.1 Å². The van der Waals surface area contributed by atoms with E-state index < -0.39 is 27.7 Å². The van der Waals surface area contributed by atoms with Gasteiger partial charge in [0.05, 0.1) is 18.2 Å². The molecule has 1 aliphatic carbocycles. The van der Waals surface area contributed by atoms with Gasteiger partial charge in [-0.2, -0.15) is 4.31 Å². The predicted molar refractivity (Wildman–Crippen MR) is 151 cm³/mol. The molecule has 1 aromatic heterocycles. The van der Waals surface area contributed by atoms with Gasteiger partial charge in [-0.1, -0.05) is 36.4 Å². The summed E-state index contributed by atoms with van der Waals surface area (Å²) in [6, 6.07) is 9.30. The number of sulfonamides is 1. The molecule has 0 radical (unpaired) electrons. The molecule has 1 saturated heterocycles. The molecule has 0 bridgehead atoms. The number of carbonyl (C=O) groups excluding carboxylic acids is 1. The number of rotatable bonds is 11. The molecule has 1 aliphatic heterocycles. The summed E-state index contributed by atoms with van der Waals surface area (Å²) in [5.74, 6) is -0.0864. The Hall–Kier alpha value is -3.29. The standard InChI is InChI=1S/C28H37N5O6S/c1-28(2,19-32-12-14-33(15-13-32)40(36,37)16-11-21-7-5-4-6-8-21)31-27(35)26(34)30-22-9-10-23(24(17-22)38-3)25-18-29-20-39-25/h4-11,16-18,20,23-24,26,30,34H,12-15,19H2,1-3H3,(H,31,35). The first kappa shape index (κ1) is 29.7. The molecule has 0 saturated carbocycles. The van der Waals surface area contributed by atoms with Gasteiger partial charge in [-0.25, -0.2) is 13.4 Å². The second-order valence-corrected chi connectivity index (χ2v) is 12.3. The Balaban J connectivity index is 1.25. The van der Waals surface area contributed by atoms with Crippen LogP contribution in [0.15, 0.2) is 76.7 Å². The van der Waals surface area contributed by atoms with Crippen molar-refractivity contribution in [1.29, 1.82) is 0 Å². The number of ether oxygens (including phenoxy) is 1. The van der Waals surface area contributed by atoms with Crippen molar-refractivity contribution in [2.24, 2.45) is 0 Å². The molecule has 11 nitrogen and oxygen atoms in total. The number of allylic oxidation sites excluding steroid dienone is 1. The van der Waals surface area contributed by atoms with E-state index in [1.54, 1.807) is 31.5 Å². The Bertz CT molecular complexity index is 1320. The molecule has 3 atom stereocenters. The van der Waals surface area contributed by atoms with Gasteiger partial charge in [-0.15, -0.1) is 0 Å². The van der Waals surface area contributed by atoms with Crippen molar-refractivity contribution in [1.82, 2.24) is 24.8 Å². The highest BCUT2D eigenvalue weighted by Crippen LogP contribution is 2.28. The largest absolute Gasteiger partial charge is 0.448 e. The number of oxazole rings is 1. The summed E-state index contributed by atoms with van der Waals surface area (Å²) < 4.78 is 37.9. The third kappa shape index (κ3) is 7.89. The fraction of sp³-hybridized carbons (Fsp3) is 0.429. The van der Waals surface area contributed by atoms with Crippen LogP contribution in [0, 0.1) is 0 Å². The maximum absolute atomic E-state index is 12.8. The number of benzene rings is 1. The number of aromatic nitrogens is 1. The fourth-order valence-electron chi connectivity index (χ4n) is 4.79. The highest BCUT2D eigenvalue weighted by Gasteiger charge is 2.31. The summed E-state index contributed by atoms with van der Waals surface area (Å²) in [7, 11) is -1.96. The van der Waals surface area contributed by atoms with Gasteiger partial charge < -0.3 is 24.9 Å². The number of hydrogen-bond acceptors (Lipinski definition) is 9. The van der Waals surface area contributed by atoms with Crippen molar-refractivity contribution in [3.05, 3.63) is 83.6 Å². The average molecular weight is 572 g/mol. The lowest BCUT2D eigenvalue weighted by atomic mass is 9.94. The Labute approximate surface area is 235 Å². The summed E-state index contributed by atoms with van der Waals surface area (Å²) in [6.07, 6.45) is 8.14. The first-order chi connectivity index (χ1) is 19.1. The molecule has 1 amide bonds. The van der Waals surface area contributed by atoms with Crippen LogP contribution in [0.4, 0.5) is 0 Å². The minimum Gasteiger partial charge on any atom is -0.448 e. The van der Waals surface area contributed by atoms with E-state index in [9.17, 15) is 18.3 Å². The number of piperazine rings is 1. The van der Waals surface area contributed by atoms with Crippen LogP contribution in [-0.2, 0) is 19.6 Å². The molecule has 12 heteroatoms. The first-order valence-electron chi connectivity index (χ1n) is 13.1. The van der Waals surface area contributed by atoms with Gasteiger partial charge in [0.1, 0.15) is 5.76 Å². The van der Waals surface area contributed by atoms with Crippen molar-refractivity contribution < 1.29 is 27.5 Å². The van der Waals surface area contributed by atoms with Crippen LogP contribution in [0.5, 0.6) is 0 Å². The van der Waals surface area contributed by atoms with Crippen LogP contribution in [-0.4, -0.2) is 91.3 Å². The van der Waals surface area contributed by atoms with E-state index >= 15 is 0 Å². The number of aliphatic hydroxyl groups is 1. The second kappa shape index (κ2) is 12.9. The highest BCUT2D eigenvalue weighted by molar-refractivity contribution is 7.92. The third-order valence-corrected chi connectivity index (χ3v) is 8.35. The van der Waals surface area contributed by atoms with Gasteiger partial charge in [0.25, 0.3) is 5.91 Å². The Morgan fingerprint density at radius 3 is 2.62 bits per heavy atom. The summed E-state index contributed by atoms with van der Waals surface area (Å²) in [4.78, 5) is 18.9. The zero-order chi connectivity index (χ0) is 28.8. The second-order valence-electron chi connectivity index (χ2n) is 10.5. The van der Waals surface area contributed by atoms with E-state index in [4.69, 9.17) is 9.15 Å². The normalized spacial score (nSPS) is 21.8. The summed E-state index contributed by atoms with van der Waals surface area (Å²) >= 11 is 0. The molecular formula is C28H37N5O6S. The smallest absolute Gasteiger partial charge is 0.270 e. The molecule has 2 heterocycles. The van der Waals surface area contributed by atoms with Crippen molar-refractivity contribution >= 4 is 22.0 Å². The minimum absolute atomic E-state index is 0.168. The lowest BCUT2D eigenvalue weighted by Gasteiger charge is -2.38. The van der Waals surface area contributed by atoms with E-state index in [2.05, 4.69) is 20.5 Å². The van der Waals surface area contributed by atoms with Gasteiger partial charge in [-0.05, 0) is 37.6 Å². The SMILES string of the molecule is COC1C=C(NC(O)C(=O)NC(C)(C)CN2CCN(S(=O)(=O)C=Cc3ccccc3)CC2)C=CC1c1cnco1. The number of carbonyl (C=O) groups is 1. The molecule has 3 N–H and O–H groups in total. The average Bonchev–Trinajstić information content (AvgIpc) is 3.47. The van der Waals surface area contributed by atoms with Crippen molar-refractivity contribution in [3.63, 3.8) is 0 Å². The zero-order valence-corrected chi connectivity index (χ0v) is 23.8. The van der Waals surface area contributed by atoms with Crippen LogP contribution < -0.4 is 10.6 Å². The number of nitrogens with zero attached hydrogens (tertiary/aromatic N) is 3. The molecule has 1 aromatic carbocycles. The number of nitrogens with one attached hydrogen (secondary N) is 2. The molecule has 4 rings (SSSR count). The third-order valence-electron chi connectivity index (χ3n) is 6.79. The lowest BCUT2D eigenvalue weighted by Crippen LogP contribution is -2.58. The van der Waals surface area contributed by atoms with E-state index in [-0.39, 0.29) is 12.0 Å². The van der Waals surface area contributed by atoms with Gasteiger partial charge in [0, 0.05) is 56.5 Å². The minimum atomic E-state index is -3.53. The van der Waals surface area contributed by atoms with Crippen LogP contribution in [0.2, 0.25) is 0 Å². The molecule has 2 aromatic rings. The Kier molecular flexibility index (Phi) is 9.59. The summed E-state index contributed by atoms with van der Waals surface area (Å²) in [6.45, 7) is 5.99. The molecule has 40 heavy (non-hydrogen) atoms. The van der Waals surface area contributed by atoms with Gasteiger partial charge >= 0.3 is 0 Å². The van der Waals surface area contributed by atoms with Gasteiger partial charge in [0.2, 0.25) is 16.3 Å². The van der Waals surface area contributed by atoms with E-state index in [0.29, 0.717) is 44.2 Å². The highest BCUT2D eigenvalue weighted by atomic mass is 32.2. The molecule has 3 unspecified atom stereocenters. The molecule has 216 valence electrons. The van der Waals surface area contributed by atoms with Crippen LogP contribution in [0.3, 0.4) is 0 Å². The van der Waals surface area contributed by atoms with Crippen LogP contribution in [0.1, 0.15) is 31.1 Å². The summed E-state index contributed by atoms with van der Waals surface area (Å²) in [5.41, 5.74) is 0.697. The maximum atomic E-state index is 12.8. The number of amides is 1.